The van der Waals surface area contributed by atoms with Crippen LogP contribution in [0.2, 0.25) is 0 Å². The van der Waals surface area contributed by atoms with Gasteiger partial charge in [-0.05, 0) is 55.6 Å². The zero-order chi connectivity index (χ0) is 15.7. The van der Waals surface area contributed by atoms with Gasteiger partial charge in [0.15, 0.2) is 0 Å². The van der Waals surface area contributed by atoms with Crippen LogP contribution in [0.3, 0.4) is 0 Å². The molecule has 0 aliphatic heterocycles. The highest BCUT2D eigenvalue weighted by Gasteiger charge is 2.24. The van der Waals surface area contributed by atoms with E-state index in [0.717, 1.165) is 44.4 Å². The second-order valence-electron chi connectivity index (χ2n) is 6.98. The maximum absolute atomic E-state index is 10.7. The molecule has 0 saturated carbocycles. The summed E-state index contributed by atoms with van der Waals surface area (Å²) >= 11 is 0. The maximum Gasteiger partial charge on any atom is 0.0650 e. The summed E-state index contributed by atoms with van der Waals surface area (Å²) in [5.41, 5.74) is 2.36. The zero-order valence-electron chi connectivity index (χ0n) is 14.5. The van der Waals surface area contributed by atoms with E-state index < -0.39 is 5.60 Å². The fourth-order valence-electron chi connectivity index (χ4n) is 3.08. The van der Waals surface area contributed by atoms with E-state index in [1.54, 1.807) is 0 Å². The third-order valence-corrected chi connectivity index (χ3v) is 4.31. The fourth-order valence-corrected chi connectivity index (χ4v) is 3.08. The van der Waals surface area contributed by atoms with Crippen molar-refractivity contribution in [3.8, 4) is 0 Å². The lowest BCUT2D eigenvalue weighted by Crippen LogP contribution is -2.28. The summed E-state index contributed by atoms with van der Waals surface area (Å²) in [5, 5.41) is 10.7. The van der Waals surface area contributed by atoms with Crippen LogP contribution in [0.25, 0.3) is 0 Å². The Morgan fingerprint density at radius 2 is 1.52 bits per heavy atom. The summed E-state index contributed by atoms with van der Waals surface area (Å²) in [6.07, 6.45) is 8.27. The minimum atomic E-state index is -0.461. The molecular formula is C20H34O. The van der Waals surface area contributed by atoms with Crippen molar-refractivity contribution < 1.29 is 5.11 Å². The molecule has 0 aliphatic rings. The second-order valence-corrected chi connectivity index (χ2v) is 6.98. The molecule has 1 nitrogen and oxygen atoms in total. The number of benzene rings is 1. The van der Waals surface area contributed by atoms with Gasteiger partial charge in [0, 0.05) is 0 Å². The van der Waals surface area contributed by atoms with Gasteiger partial charge in [-0.2, -0.15) is 0 Å². The van der Waals surface area contributed by atoms with Gasteiger partial charge in [-0.25, -0.2) is 0 Å². The van der Waals surface area contributed by atoms with Gasteiger partial charge in [-0.3, -0.25) is 0 Å². The van der Waals surface area contributed by atoms with Crippen molar-refractivity contribution in [2.45, 2.75) is 84.7 Å². The number of hydrogen-bond donors (Lipinski definition) is 1. The molecule has 1 N–H and O–H groups in total. The fraction of sp³-hybridized carbons (Fsp3) is 0.700. The Morgan fingerprint density at radius 1 is 0.952 bits per heavy atom. The largest absolute Gasteiger partial charge is 0.390 e. The van der Waals surface area contributed by atoms with E-state index in [4.69, 9.17) is 0 Å². The lowest BCUT2D eigenvalue weighted by atomic mass is 9.86. The van der Waals surface area contributed by atoms with Gasteiger partial charge in [-0.15, -0.1) is 0 Å². The molecule has 0 amide bonds. The molecular weight excluding hydrogens is 256 g/mol. The van der Waals surface area contributed by atoms with Gasteiger partial charge in [0.05, 0.1) is 5.60 Å². The summed E-state index contributed by atoms with van der Waals surface area (Å²) in [6, 6.07) is 8.94. The van der Waals surface area contributed by atoms with Crippen molar-refractivity contribution in [3.05, 3.63) is 35.4 Å². The summed E-state index contributed by atoms with van der Waals surface area (Å²) in [4.78, 5) is 0. The lowest BCUT2D eigenvalue weighted by Gasteiger charge is -2.27. The normalized spacial score (nSPS) is 12.1. The molecule has 1 heteroatoms. The Balaban J connectivity index is 2.59. The van der Waals surface area contributed by atoms with Crippen LogP contribution in [0.4, 0.5) is 0 Å². The molecule has 21 heavy (non-hydrogen) atoms. The number of aliphatic hydroxyl groups is 1. The molecule has 0 radical (unpaired) electrons. The Hall–Kier alpha value is -0.820. The van der Waals surface area contributed by atoms with Crippen LogP contribution in [0, 0.1) is 5.92 Å². The molecule has 0 heterocycles. The molecule has 0 spiro atoms. The third-order valence-electron chi connectivity index (χ3n) is 4.31. The first kappa shape index (κ1) is 18.2. The Kier molecular flexibility index (Phi) is 8.03. The highest BCUT2D eigenvalue weighted by atomic mass is 16.3. The lowest BCUT2D eigenvalue weighted by molar-refractivity contribution is 0.0132. The van der Waals surface area contributed by atoms with Crippen LogP contribution >= 0.6 is 0 Å². The minimum absolute atomic E-state index is 0.461. The SMILES string of the molecule is CCCC(O)(CCC)CCc1cccc(CCC(C)C)c1. The van der Waals surface area contributed by atoms with Crippen molar-refractivity contribution in [2.75, 3.05) is 0 Å². The monoisotopic (exact) mass is 290 g/mol. The first-order valence-electron chi connectivity index (χ1n) is 8.79. The Labute approximate surface area is 131 Å². The van der Waals surface area contributed by atoms with E-state index in [9.17, 15) is 5.11 Å². The topological polar surface area (TPSA) is 20.2 Å². The van der Waals surface area contributed by atoms with Crippen LogP contribution in [0.1, 0.15) is 77.3 Å². The summed E-state index contributed by atoms with van der Waals surface area (Å²) < 4.78 is 0. The maximum atomic E-state index is 10.7. The van der Waals surface area contributed by atoms with Crippen LogP contribution in [0.15, 0.2) is 24.3 Å². The summed E-state index contributed by atoms with van der Waals surface area (Å²) in [6.45, 7) is 8.87. The Bertz CT molecular complexity index is 389. The first-order valence-corrected chi connectivity index (χ1v) is 8.79. The van der Waals surface area contributed by atoms with E-state index in [1.165, 1.54) is 24.0 Å². The average molecular weight is 290 g/mol. The van der Waals surface area contributed by atoms with Gasteiger partial charge >= 0.3 is 0 Å². The molecule has 1 aromatic rings. The van der Waals surface area contributed by atoms with Gasteiger partial charge in [-0.1, -0.05) is 64.8 Å². The molecule has 0 aromatic heterocycles. The quantitative estimate of drug-likeness (QED) is 0.600. The van der Waals surface area contributed by atoms with Gasteiger partial charge in [0.1, 0.15) is 0 Å². The van der Waals surface area contributed by atoms with Gasteiger partial charge < -0.3 is 5.11 Å². The predicted molar refractivity (Wildman–Crippen MR) is 92.7 cm³/mol. The molecule has 0 fully saturated rings. The number of aryl methyl sites for hydroxylation is 2. The molecule has 120 valence electrons. The molecule has 1 aromatic carbocycles. The van der Waals surface area contributed by atoms with E-state index in [2.05, 4.69) is 52.0 Å². The smallest absolute Gasteiger partial charge is 0.0650 e. The number of rotatable bonds is 10. The molecule has 1 rings (SSSR count). The van der Waals surface area contributed by atoms with Crippen molar-refractivity contribution in [1.82, 2.24) is 0 Å². The molecule has 0 saturated heterocycles. The van der Waals surface area contributed by atoms with Crippen LogP contribution in [-0.2, 0) is 12.8 Å². The standard InChI is InChI=1S/C20H34O/c1-5-13-20(21,14-6-2)15-12-19-9-7-8-18(16-19)11-10-17(3)4/h7-9,16-17,21H,5-6,10-15H2,1-4H3. The van der Waals surface area contributed by atoms with Crippen molar-refractivity contribution in [3.63, 3.8) is 0 Å². The van der Waals surface area contributed by atoms with E-state index in [1.807, 2.05) is 0 Å². The van der Waals surface area contributed by atoms with Crippen LogP contribution in [0.5, 0.6) is 0 Å². The van der Waals surface area contributed by atoms with Gasteiger partial charge in [0.2, 0.25) is 0 Å². The molecule has 0 unspecified atom stereocenters. The van der Waals surface area contributed by atoms with Crippen molar-refractivity contribution >= 4 is 0 Å². The number of hydrogen-bond acceptors (Lipinski definition) is 1. The highest BCUT2D eigenvalue weighted by molar-refractivity contribution is 5.24. The third kappa shape index (κ3) is 7.13. The zero-order valence-corrected chi connectivity index (χ0v) is 14.5. The van der Waals surface area contributed by atoms with Crippen LogP contribution < -0.4 is 0 Å². The van der Waals surface area contributed by atoms with E-state index in [0.29, 0.717) is 0 Å². The first-order chi connectivity index (χ1) is 9.99. The second kappa shape index (κ2) is 9.25. The summed E-state index contributed by atoms with van der Waals surface area (Å²) in [7, 11) is 0. The Morgan fingerprint density at radius 3 is 2.05 bits per heavy atom. The summed E-state index contributed by atoms with van der Waals surface area (Å²) in [5.74, 6) is 0.757. The van der Waals surface area contributed by atoms with Crippen LogP contribution in [-0.4, -0.2) is 10.7 Å². The van der Waals surface area contributed by atoms with Gasteiger partial charge in [0.25, 0.3) is 0 Å². The van der Waals surface area contributed by atoms with E-state index >= 15 is 0 Å². The molecule has 0 bridgehead atoms. The minimum Gasteiger partial charge on any atom is -0.390 e. The predicted octanol–water partition coefficient (Wildman–Crippen LogP) is 5.54. The highest BCUT2D eigenvalue weighted by Crippen LogP contribution is 2.25. The molecule has 0 atom stereocenters. The van der Waals surface area contributed by atoms with Crippen molar-refractivity contribution in [1.29, 1.82) is 0 Å². The van der Waals surface area contributed by atoms with E-state index in [-0.39, 0.29) is 0 Å². The average Bonchev–Trinajstić information content (AvgIpc) is 2.44. The molecule has 0 aliphatic carbocycles. The van der Waals surface area contributed by atoms with Crippen molar-refractivity contribution in [2.24, 2.45) is 5.92 Å².